The number of carbonyl (C=O) groups excluding carboxylic acids is 1. The average Bonchev–Trinajstić information content (AvgIpc) is 2.43. The van der Waals surface area contributed by atoms with Crippen LogP contribution in [0.25, 0.3) is 0 Å². The first kappa shape index (κ1) is 15.1. The quantitative estimate of drug-likeness (QED) is 0.681. The van der Waals surface area contributed by atoms with Crippen LogP contribution in [0.4, 0.5) is 0 Å². The van der Waals surface area contributed by atoms with Gasteiger partial charge in [-0.3, -0.25) is 18.4 Å². The minimum absolute atomic E-state index is 0.145. The van der Waals surface area contributed by atoms with E-state index in [4.69, 9.17) is 4.52 Å². The highest BCUT2D eigenvalue weighted by molar-refractivity contribution is 7.48. The van der Waals surface area contributed by atoms with Crippen LogP contribution in [0.5, 0.6) is 0 Å². The molecule has 0 bridgehead atoms. The number of carbonyl (C=O) groups is 1. The van der Waals surface area contributed by atoms with E-state index in [2.05, 4.69) is 9.05 Å². The monoisotopic (exact) mass is 272 g/mol. The lowest BCUT2D eigenvalue weighted by Crippen LogP contribution is -2.09. The molecule has 0 unspecified atom stereocenters. The van der Waals surface area contributed by atoms with Crippen LogP contribution < -0.4 is 0 Å². The molecular weight excluding hydrogens is 255 g/mol. The zero-order chi connectivity index (χ0) is 13.4. The molecule has 100 valence electrons. The van der Waals surface area contributed by atoms with Gasteiger partial charge < -0.3 is 0 Å². The summed E-state index contributed by atoms with van der Waals surface area (Å²) in [7, 11) is -1.14. The fraction of sp³-hybridized carbons (Fsp3) is 0.417. The van der Waals surface area contributed by atoms with Gasteiger partial charge in [0, 0.05) is 20.6 Å². The number of rotatable bonds is 8. The summed E-state index contributed by atoms with van der Waals surface area (Å²) < 4.78 is 25.5. The minimum atomic E-state index is -3.55. The second kappa shape index (κ2) is 7.44. The van der Waals surface area contributed by atoms with Crippen LogP contribution >= 0.6 is 7.82 Å². The molecule has 0 atom stereocenters. The Hall–Kier alpha value is -1.00. The van der Waals surface area contributed by atoms with E-state index in [9.17, 15) is 9.36 Å². The third-order valence-electron chi connectivity index (χ3n) is 2.37. The number of hydrogen-bond donors (Lipinski definition) is 0. The topological polar surface area (TPSA) is 61.8 Å². The summed E-state index contributed by atoms with van der Waals surface area (Å²) in [5.74, 6) is -0.145. The molecule has 0 aliphatic rings. The predicted molar refractivity (Wildman–Crippen MR) is 67.3 cm³/mol. The third-order valence-corrected chi connectivity index (χ3v) is 3.71. The van der Waals surface area contributed by atoms with E-state index in [-0.39, 0.29) is 12.4 Å². The van der Waals surface area contributed by atoms with Gasteiger partial charge in [-0.1, -0.05) is 30.3 Å². The van der Waals surface area contributed by atoms with E-state index in [0.717, 1.165) is 5.56 Å². The number of Topliss-reactive ketones (excluding diaryl/α,β-unsaturated/α-hetero) is 1. The van der Waals surface area contributed by atoms with Gasteiger partial charge in [0.05, 0.1) is 0 Å². The van der Waals surface area contributed by atoms with Gasteiger partial charge in [0.1, 0.15) is 6.61 Å². The third kappa shape index (κ3) is 5.10. The first-order valence-electron chi connectivity index (χ1n) is 5.51. The molecule has 0 amide bonds. The van der Waals surface area contributed by atoms with Crippen LogP contribution in [0.2, 0.25) is 0 Å². The molecule has 1 aromatic carbocycles. The van der Waals surface area contributed by atoms with Crippen molar-refractivity contribution in [2.75, 3.05) is 20.8 Å². The lowest BCUT2D eigenvalue weighted by Gasteiger charge is -2.12. The fourth-order valence-corrected chi connectivity index (χ4v) is 1.99. The van der Waals surface area contributed by atoms with E-state index in [1.807, 2.05) is 30.3 Å². The lowest BCUT2D eigenvalue weighted by atomic mass is 10.1. The normalized spacial score (nSPS) is 11.4. The highest BCUT2D eigenvalue weighted by Gasteiger charge is 2.23. The predicted octanol–water partition coefficient (Wildman–Crippen LogP) is 2.61. The number of benzene rings is 1. The van der Waals surface area contributed by atoms with E-state index in [1.54, 1.807) is 0 Å². The zero-order valence-electron chi connectivity index (χ0n) is 10.5. The maximum absolute atomic E-state index is 11.5. The minimum Gasteiger partial charge on any atom is -0.297 e. The molecular formula is C12H17O5P. The maximum Gasteiger partial charge on any atom is 0.474 e. The summed E-state index contributed by atoms with van der Waals surface area (Å²) in [5.41, 5.74) is 1.08. The van der Waals surface area contributed by atoms with Gasteiger partial charge in [-0.05, 0) is 12.0 Å². The van der Waals surface area contributed by atoms with Gasteiger partial charge in [0.2, 0.25) is 0 Å². The Morgan fingerprint density at radius 3 is 2.33 bits per heavy atom. The standard InChI is InChI=1S/C12H17O5P/c1-15-18(14,16-2)17-10-12(13)9-8-11-6-4-3-5-7-11/h3-7H,8-10H2,1-2H3. The number of phosphoric ester groups is 1. The molecule has 0 heterocycles. The summed E-state index contributed by atoms with van der Waals surface area (Å²) in [5, 5.41) is 0. The molecule has 0 saturated heterocycles. The fourth-order valence-electron chi connectivity index (χ4n) is 1.33. The molecule has 5 nitrogen and oxygen atoms in total. The van der Waals surface area contributed by atoms with Crippen molar-refractivity contribution >= 4 is 13.6 Å². The van der Waals surface area contributed by atoms with Crippen molar-refractivity contribution in [3.8, 4) is 0 Å². The Labute approximate surface area is 107 Å². The molecule has 0 saturated carbocycles. The van der Waals surface area contributed by atoms with Crippen molar-refractivity contribution in [3.05, 3.63) is 35.9 Å². The molecule has 0 N–H and O–H groups in total. The number of aryl methyl sites for hydroxylation is 1. The highest BCUT2D eigenvalue weighted by atomic mass is 31.2. The van der Waals surface area contributed by atoms with Crippen LogP contribution in [0, 0.1) is 0 Å². The van der Waals surface area contributed by atoms with Crippen LogP contribution in [-0.2, 0) is 29.4 Å². The highest BCUT2D eigenvalue weighted by Crippen LogP contribution is 2.47. The molecule has 0 aliphatic heterocycles. The summed E-state index contributed by atoms with van der Waals surface area (Å²) in [6, 6.07) is 9.65. The average molecular weight is 272 g/mol. The second-order valence-electron chi connectivity index (χ2n) is 3.61. The number of phosphoric acid groups is 1. The summed E-state index contributed by atoms with van der Waals surface area (Å²) in [6.07, 6.45) is 0.963. The van der Waals surface area contributed by atoms with E-state index < -0.39 is 7.82 Å². The Bertz CT molecular complexity index is 410. The van der Waals surface area contributed by atoms with E-state index >= 15 is 0 Å². The smallest absolute Gasteiger partial charge is 0.297 e. The first-order valence-corrected chi connectivity index (χ1v) is 6.97. The van der Waals surface area contributed by atoms with Crippen molar-refractivity contribution in [3.63, 3.8) is 0 Å². The second-order valence-corrected chi connectivity index (χ2v) is 5.49. The van der Waals surface area contributed by atoms with E-state index in [1.165, 1.54) is 14.2 Å². The Balaban J connectivity index is 2.32. The Kier molecular flexibility index (Phi) is 6.22. The first-order chi connectivity index (χ1) is 8.59. The summed E-state index contributed by atoms with van der Waals surface area (Å²) >= 11 is 0. The summed E-state index contributed by atoms with van der Waals surface area (Å²) in [4.78, 5) is 11.5. The van der Waals surface area contributed by atoms with Gasteiger partial charge in [-0.25, -0.2) is 4.57 Å². The van der Waals surface area contributed by atoms with Crippen LogP contribution in [0.15, 0.2) is 30.3 Å². The van der Waals surface area contributed by atoms with Crippen molar-refractivity contribution in [1.82, 2.24) is 0 Å². The van der Waals surface area contributed by atoms with Crippen molar-refractivity contribution in [2.24, 2.45) is 0 Å². The molecule has 0 spiro atoms. The maximum atomic E-state index is 11.5. The number of ketones is 1. The van der Waals surface area contributed by atoms with Crippen LogP contribution in [0.3, 0.4) is 0 Å². The van der Waals surface area contributed by atoms with Gasteiger partial charge in [-0.2, -0.15) is 0 Å². The van der Waals surface area contributed by atoms with E-state index in [0.29, 0.717) is 12.8 Å². The SMILES string of the molecule is COP(=O)(OC)OCC(=O)CCc1ccccc1. The van der Waals surface area contributed by atoms with Crippen molar-refractivity contribution in [1.29, 1.82) is 0 Å². The molecule has 1 rings (SSSR count). The lowest BCUT2D eigenvalue weighted by molar-refractivity contribution is -0.121. The molecule has 0 aliphatic carbocycles. The molecule has 0 radical (unpaired) electrons. The molecule has 1 aromatic rings. The Morgan fingerprint density at radius 2 is 1.78 bits per heavy atom. The van der Waals surface area contributed by atoms with Crippen LogP contribution in [0.1, 0.15) is 12.0 Å². The molecule has 0 aromatic heterocycles. The van der Waals surface area contributed by atoms with Crippen LogP contribution in [-0.4, -0.2) is 26.6 Å². The van der Waals surface area contributed by atoms with Gasteiger partial charge in [0.15, 0.2) is 5.78 Å². The molecule has 18 heavy (non-hydrogen) atoms. The zero-order valence-corrected chi connectivity index (χ0v) is 11.4. The summed E-state index contributed by atoms with van der Waals surface area (Å²) in [6.45, 7) is -0.272. The van der Waals surface area contributed by atoms with Gasteiger partial charge in [-0.15, -0.1) is 0 Å². The van der Waals surface area contributed by atoms with Crippen molar-refractivity contribution in [2.45, 2.75) is 12.8 Å². The Morgan fingerprint density at radius 1 is 1.17 bits per heavy atom. The van der Waals surface area contributed by atoms with Gasteiger partial charge >= 0.3 is 7.82 Å². The molecule has 6 heteroatoms. The van der Waals surface area contributed by atoms with Gasteiger partial charge in [0.25, 0.3) is 0 Å². The molecule has 0 fully saturated rings. The van der Waals surface area contributed by atoms with Crippen molar-refractivity contribution < 1.29 is 22.9 Å². The number of hydrogen-bond acceptors (Lipinski definition) is 5. The largest absolute Gasteiger partial charge is 0.474 e.